The van der Waals surface area contributed by atoms with Crippen LogP contribution in [-0.2, 0) is 258 Å². The zero-order chi connectivity index (χ0) is 0. The molecule has 0 fully saturated rings. The predicted octanol–water partition coefficient (Wildman–Crippen LogP) is -2.45. The largest absolute Gasteiger partial charge is 0.813 e. The van der Waals surface area contributed by atoms with Gasteiger partial charge in [0.2, 0.25) is 0 Å². The van der Waals surface area contributed by atoms with E-state index in [9.17, 15) is 0 Å². The molecule has 0 aliphatic heterocycles. The van der Waals surface area contributed by atoms with Gasteiger partial charge in [-0.25, -0.2) is 0 Å². The average molecular weight is 744 g/mol. The van der Waals surface area contributed by atoms with Gasteiger partial charge in [-0.05, 0) is 0 Å². The third kappa shape index (κ3) is 198. The molecule has 0 bridgehead atoms. The molecule has 0 unspecified atom stereocenters. The first-order valence-corrected chi connectivity index (χ1v) is 0. The van der Waals surface area contributed by atoms with E-state index in [4.69, 9.17) is 0 Å². The molecule has 0 aromatic carbocycles. The zero-order valence-electron chi connectivity index (χ0n) is 6.85. The number of rotatable bonds is 0. The Morgan fingerprint density at radius 2 is 0.118 bits per heavy atom. The maximum atomic E-state index is 0. The molecule has 0 amide bonds. The van der Waals surface area contributed by atoms with E-state index in [1.54, 1.807) is 0 Å². The fraction of sp³-hybridized carbons (Fsp3) is 0. The molecule has 0 atom stereocenters. The minimum Gasteiger partial charge on any atom is -0.813 e. The van der Waals surface area contributed by atoms with Crippen LogP contribution in [-0.4, -0.2) is 0 Å². The molecule has 0 aliphatic rings. The Balaban J connectivity index is 0. The minimum atomic E-state index is 0. The molecule has 0 rings (SSSR count). The van der Waals surface area contributed by atoms with Gasteiger partial charge in [-0.1, -0.05) is 0 Å². The Kier molecular flexibility index (Phi) is 3160. The van der Waals surface area contributed by atoms with E-state index >= 15 is 0 Å². The molecular formula is H9Fe8S9-9. The summed E-state index contributed by atoms with van der Waals surface area (Å²) in [5.41, 5.74) is 0. The smallest absolute Gasteiger partial charge is 0 e. The maximum absolute atomic E-state index is 0. The Hall–Kier alpha value is 7.31. The maximum Gasteiger partial charge on any atom is 0 e. The quantitative estimate of drug-likeness (QED) is 0.150. The summed E-state index contributed by atoms with van der Waals surface area (Å²) in [6.07, 6.45) is 0. The second-order valence-corrected chi connectivity index (χ2v) is 0. The molecule has 0 spiro atoms. The monoisotopic (exact) mass is 744 g/mol. The van der Waals surface area contributed by atoms with Gasteiger partial charge in [-0.15, -0.1) is 0 Å². The van der Waals surface area contributed by atoms with Crippen LogP contribution in [0, 0.1) is 0 Å². The van der Waals surface area contributed by atoms with Crippen molar-refractivity contribution < 1.29 is 137 Å². The summed E-state index contributed by atoms with van der Waals surface area (Å²) < 4.78 is 0. The normalized spacial score (nSPS) is 0. The SMILES string of the molecule is [Fe].[Fe].[Fe].[Fe].[Fe].[Fe].[Fe].[Fe].[SH-].[SH-].[SH-].[SH-].[SH-].[SH-].[SH-].[SH-].[SH-]. The third-order valence-electron chi connectivity index (χ3n) is 0. The molecule has 17 heteroatoms. The number of hydrogen-bond acceptors (Lipinski definition) is 9. The molecular weight excluding hydrogens is 735 g/mol. The van der Waals surface area contributed by atoms with Crippen LogP contribution in [0.4, 0.5) is 0 Å². The first kappa shape index (κ1) is 247. The number of hydrogen-bond donors (Lipinski definition) is 0. The van der Waals surface area contributed by atoms with Gasteiger partial charge in [0.25, 0.3) is 0 Å². The summed E-state index contributed by atoms with van der Waals surface area (Å²) in [4.78, 5) is 0. The minimum absolute atomic E-state index is 0. The van der Waals surface area contributed by atoms with Gasteiger partial charge in [0.15, 0.2) is 0 Å². The van der Waals surface area contributed by atoms with Crippen molar-refractivity contribution in [3.63, 3.8) is 0 Å². The Morgan fingerprint density at radius 3 is 0.118 bits per heavy atom. The van der Waals surface area contributed by atoms with Crippen LogP contribution in [0.3, 0.4) is 0 Å². The Labute approximate surface area is 253 Å². The van der Waals surface area contributed by atoms with E-state index in [2.05, 4.69) is 0 Å². The molecule has 0 saturated heterocycles. The summed E-state index contributed by atoms with van der Waals surface area (Å²) in [6.45, 7) is 0. The Morgan fingerprint density at radius 1 is 0.118 bits per heavy atom. The molecule has 0 N–H and O–H groups in total. The Bertz CT molecular complexity index is 17.0. The van der Waals surface area contributed by atoms with Gasteiger partial charge >= 0.3 is 0 Å². The topological polar surface area (TPSA) is 0 Å². The van der Waals surface area contributed by atoms with Crippen LogP contribution in [0.25, 0.3) is 0 Å². The molecule has 0 aromatic rings. The van der Waals surface area contributed by atoms with E-state index < -0.39 is 0 Å². The third-order valence-corrected chi connectivity index (χ3v) is 0. The van der Waals surface area contributed by atoms with E-state index in [0.717, 1.165) is 0 Å². The van der Waals surface area contributed by atoms with Gasteiger partial charge in [0.05, 0.1) is 0 Å². The van der Waals surface area contributed by atoms with Crippen molar-refractivity contribution in [3.8, 4) is 0 Å². The molecule has 0 nitrogen and oxygen atoms in total. The van der Waals surface area contributed by atoms with Crippen LogP contribution in [0.1, 0.15) is 0 Å². The van der Waals surface area contributed by atoms with Crippen molar-refractivity contribution in [2.75, 3.05) is 0 Å². The van der Waals surface area contributed by atoms with E-state index in [0.29, 0.717) is 0 Å². The van der Waals surface area contributed by atoms with Crippen molar-refractivity contribution >= 4 is 121 Å². The summed E-state index contributed by atoms with van der Waals surface area (Å²) in [7, 11) is 0. The van der Waals surface area contributed by atoms with E-state index in [-0.39, 0.29) is 258 Å². The summed E-state index contributed by atoms with van der Waals surface area (Å²) >= 11 is 0. The van der Waals surface area contributed by atoms with Crippen molar-refractivity contribution in [2.24, 2.45) is 0 Å². The van der Waals surface area contributed by atoms with Gasteiger partial charge in [-0.3, -0.25) is 0 Å². The van der Waals surface area contributed by atoms with Crippen LogP contribution < -0.4 is 0 Å². The second-order valence-electron chi connectivity index (χ2n) is 0. The van der Waals surface area contributed by atoms with Crippen LogP contribution >= 0.6 is 0 Å². The van der Waals surface area contributed by atoms with E-state index in [1.165, 1.54) is 0 Å². The molecule has 0 saturated carbocycles. The summed E-state index contributed by atoms with van der Waals surface area (Å²) in [5.74, 6) is 0. The fourth-order valence-electron chi connectivity index (χ4n) is 0. The van der Waals surface area contributed by atoms with Gasteiger partial charge < -0.3 is 121 Å². The summed E-state index contributed by atoms with van der Waals surface area (Å²) in [5, 5.41) is 0. The fourth-order valence-corrected chi connectivity index (χ4v) is 0. The van der Waals surface area contributed by atoms with Gasteiger partial charge in [0.1, 0.15) is 0 Å². The zero-order valence-corrected chi connectivity index (χ0v) is 23.7. The van der Waals surface area contributed by atoms with Crippen molar-refractivity contribution in [2.45, 2.75) is 0 Å². The van der Waals surface area contributed by atoms with Crippen LogP contribution in [0.15, 0.2) is 0 Å². The predicted molar refractivity (Wildman–Crippen MR) is 78.8 cm³/mol. The molecule has 0 aromatic heterocycles. The molecule has 17 heavy (non-hydrogen) atoms. The van der Waals surface area contributed by atoms with Crippen molar-refractivity contribution in [1.82, 2.24) is 0 Å². The average Bonchev–Trinajstić information content (AvgIpc) is 0. The van der Waals surface area contributed by atoms with E-state index in [1.807, 2.05) is 0 Å². The number of thiol groups is 9. The van der Waals surface area contributed by atoms with Crippen molar-refractivity contribution in [1.29, 1.82) is 0 Å². The second kappa shape index (κ2) is 217. The van der Waals surface area contributed by atoms with Gasteiger partial charge in [-0.2, -0.15) is 0 Å². The first-order valence-electron chi connectivity index (χ1n) is 0. The summed E-state index contributed by atoms with van der Waals surface area (Å²) in [6, 6.07) is 0. The first-order chi connectivity index (χ1) is 0. The van der Waals surface area contributed by atoms with Crippen LogP contribution in [0.2, 0.25) is 0 Å². The van der Waals surface area contributed by atoms with Gasteiger partial charge in [0, 0.05) is 137 Å². The molecule has 0 heterocycles. The molecule has 0 aliphatic carbocycles. The standard InChI is InChI=1S/8Fe.9H2S/h;;;;;;;;9*1H2/p-9. The molecule has 136 valence electrons. The van der Waals surface area contributed by atoms with Crippen LogP contribution in [0.5, 0.6) is 0 Å². The van der Waals surface area contributed by atoms with Crippen molar-refractivity contribution in [3.05, 3.63) is 0 Å². The molecule has 0 radical (unpaired) electrons.